The van der Waals surface area contributed by atoms with Crippen molar-refractivity contribution in [3.8, 4) is 0 Å². The molecule has 0 bridgehead atoms. The third kappa shape index (κ3) is 4.68. The van der Waals surface area contributed by atoms with Crippen molar-refractivity contribution in [2.75, 3.05) is 6.61 Å². The Morgan fingerprint density at radius 3 is 2.71 bits per heavy atom. The fourth-order valence-electron chi connectivity index (χ4n) is 0.503. The lowest BCUT2D eigenvalue weighted by molar-refractivity contribution is -0.131. The van der Waals surface area contributed by atoms with Crippen molar-refractivity contribution in [1.29, 1.82) is 0 Å². The van der Waals surface area contributed by atoms with Gasteiger partial charge in [0.05, 0.1) is 6.61 Å². The standard InChI is InChI=1S/C7H8N2O5/c1-2-14-7(13)9(8-5-10)4-3-6(11)12/h3-4H,2H2,1H3,(H,11,12). The highest BCUT2D eigenvalue weighted by atomic mass is 16.6. The molecular weight excluding hydrogens is 192 g/mol. The molecule has 0 spiro atoms. The number of hydrogen-bond donors (Lipinski definition) is 1. The number of aliphatic carboxylic acids is 1. The molecule has 7 nitrogen and oxygen atoms in total. The van der Waals surface area contributed by atoms with Crippen LogP contribution in [-0.4, -0.2) is 34.9 Å². The van der Waals surface area contributed by atoms with Crippen molar-refractivity contribution < 1.29 is 24.2 Å². The minimum atomic E-state index is -1.28. The molecule has 0 aromatic carbocycles. The lowest BCUT2D eigenvalue weighted by atomic mass is 10.6. The normalized spacial score (nSPS) is 9.21. The van der Waals surface area contributed by atoms with Gasteiger partial charge in [0.1, 0.15) is 0 Å². The summed E-state index contributed by atoms with van der Waals surface area (Å²) < 4.78 is 4.46. The molecule has 7 heteroatoms. The Bertz CT molecular complexity index is 292. The van der Waals surface area contributed by atoms with Crippen molar-refractivity contribution in [1.82, 2.24) is 5.01 Å². The van der Waals surface area contributed by atoms with Crippen LogP contribution in [0.1, 0.15) is 6.92 Å². The zero-order valence-electron chi connectivity index (χ0n) is 7.34. The van der Waals surface area contributed by atoms with E-state index in [1.54, 1.807) is 6.92 Å². The summed E-state index contributed by atoms with van der Waals surface area (Å²) in [4.78, 5) is 30.9. The molecule has 0 aromatic heterocycles. The fraction of sp³-hybridized carbons (Fsp3) is 0.286. The maximum Gasteiger partial charge on any atom is 0.435 e. The van der Waals surface area contributed by atoms with Gasteiger partial charge in [0.15, 0.2) is 0 Å². The fourth-order valence-corrected chi connectivity index (χ4v) is 0.503. The van der Waals surface area contributed by atoms with Gasteiger partial charge in [-0.15, -0.1) is 0 Å². The first-order valence-corrected chi connectivity index (χ1v) is 3.56. The summed E-state index contributed by atoms with van der Waals surface area (Å²) in [6, 6.07) is 0. The second-order valence-corrected chi connectivity index (χ2v) is 1.89. The van der Waals surface area contributed by atoms with Crippen LogP contribution in [0.4, 0.5) is 4.79 Å². The van der Waals surface area contributed by atoms with Crippen LogP contribution < -0.4 is 0 Å². The number of carboxylic acids is 1. The third-order valence-corrected chi connectivity index (χ3v) is 0.962. The summed E-state index contributed by atoms with van der Waals surface area (Å²) in [7, 11) is 0. The molecule has 0 aliphatic heterocycles. The molecule has 1 N–H and O–H groups in total. The Labute approximate surface area is 79.3 Å². The highest BCUT2D eigenvalue weighted by Crippen LogP contribution is 1.95. The Morgan fingerprint density at radius 1 is 1.64 bits per heavy atom. The lowest BCUT2D eigenvalue weighted by Gasteiger charge is -2.08. The molecule has 0 atom stereocenters. The number of carboxylic acid groups (broad SMARTS) is 1. The molecule has 0 rings (SSSR count). The summed E-state index contributed by atoms with van der Waals surface area (Å²) in [5.74, 6) is -1.28. The number of hydrogen-bond acceptors (Lipinski definition) is 5. The van der Waals surface area contributed by atoms with E-state index in [0.717, 1.165) is 12.3 Å². The molecule has 0 fully saturated rings. The molecule has 0 unspecified atom stereocenters. The molecule has 76 valence electrons. The highest BCUT2D eigenvalue weighted by Gasteiger charge is 2.10. The van der Waals surface area contributed by atoms with Crippen molar-refractivity contribution in [2.24, 2.45) is 5.10 Å². The van der Waals surface area contributed by atoms with Crippen LogP contribution in [0, 0.1) is 0 Å². The highest BCUT2D eigenvalue weighted by molar-refractivity contribution is 5.80. The zero-order valence-corrected chi connectivity index (χ0v) is 7.34. The Morgan fingerprint density at radius 2 is 2.29 bits per heavy atom. The van der Waals surface area contributed by atoms with Crippen LogP contribution in [0.15, 0.2) is 17.4 Å². The number of hydrazone groups is 1. The topological polar surface area (TPSA) is 96.3 Å². The lowest BCUT2D eigenvalue weighted by Crippen LogP contribution is -2.21. The predicted molar refractivity (Wildman–Crippen MR) is 43.8 cm³/mol. The minimum Gasteiger partial charge on any atom is -0.478 e. The largest absolute Gasteiger partial charge is 0.478 e. The third-order valence-electron chi connectivity index (χ3n) is 0.962. The molecule has 0 heterocycles. The molecule has 0 aliphatic rings. The van der Waals surface area contributed by atoms with Gasteiger partial charge in [0, 0.05) is 12.3 Å². The number of ether oxygens (including phenoxy) is 1. The molecule has 0 radical (unpaired) electrons. The Kier molecular flexibility index (Phi) is 5.41. The number of carbonyl (C=O) groups excluding carboxylic acids is 2. The van der Waals surface area contributed by atoms with Crippen LogP contribution in [-0.2, 0) is 14.3 Å². The summed E-state index contributed by atoms with van der Waals surface area (Å²) in [5, 5.41) is 11.6. The quantitative estimate of drug-likeness (QED) is 0.304. The summed E-state index contributed by atoms with van der Waals surface area (Å²) >= 11 is 0. The summed E-state index contributed by atoms with van der Waals surface area (Å²) in [6.45, 7) is 1.65. The van der Waals surface area contributed by atoms with E-state index in [1.165, 1.54) is 0 Å². The first-order chi connectivity index (χ1) is 6.61. The van der Waals surface area contributed by atoms with Crippen LogP contribution in [0.3, 0.4) is 0 Å². The number of carbonyl (C=O) groups is 2. The van der Waals surface area contributed by atoms with E-state index in [4.69, 9.17) is 5.11 Å². The van der Waals surface area contributed by atoms with Gasteiger partial charge in [-0.25, -0.2) is 14.4 Å². The Hall–Kier alpha value is -2.14. The van der Waals surface area contributed by atoms with Gasteiger partial charge >= 0.3 is 12.1 Å². The van der Waals surface area contributed by atoms with E-state index in [1.807, 2.05) is 0 Å². The van der Waals surface area contributed by atoms with Gasteiger partial charge in [-0.2, -0.15) is 5.01 Å². The number of rotatable bonds is 4. The smallest absolute Gasteiger partial charge is 0.435 e. The number of isocyanates is 1. The minimum absolute atomic E-state index is 0.0879. The van der Waals surface area contributed by atoms with Gasteiger partial charge in [0.2, 0.25) is 0 Å². The molecule has 0 saturated carbocycles. The number of nitrogens with zero attached hydrogens (tertiary/aromatic N) is 2. The first kappa shape index (κ1) is 11.9. The average molecular weight is 200 g/mol. The van der Waals surface area contributed by atoms with Gasteiger partial charge in [0.25, 0.3) is 6.08 Å². The van der Waals surface area contributed by atoms with Crippen LogP contribution in [0.5, 0.6) is 0 Å². The van der Waals surface area contributed by atoms with Gasteiger partial charge in [-0.3, -0.25) is 0 Å². The molecular formula is C7H8N2O5. The van der Waals surface area contributed by atoms with E-state index in [2.05, 4.69) is 9.84 Å². The number of amides is 1. The Balaban J connectivity index is 4.51. The second-order valence-electron chi connectivity index (χ2n) is 1.89. The zero-order chi connectivity index (χ0) is 11.0. The van der Waals surface area contributed by atoms with Gasteiger partial charge < -0.3 is 9.84 Å². The van der Waals surface area contributed by atoms with Gasteiger partial charge in [-0.1, -0.05) is 5.10 Å². The SMILES string of the molecule is CCOC(=O)N(C=CC(=O)O)N=C=O. The van der Waals surface area contributed by atoms with Crippen molar-refractivity contribution in [3.63, 3.8) is 0 Å². The molecule has 0 aromatic rings. The van der Waals surface area contributed by atoms with Crippen molar-refractivity contribution in [2.45, 2.75) is 6.92 Å². The van der Waals surface area contributed by atoms with E-state index < -0.39 is 12.1 Å². The van der Waals surface area contributed by atoms with E-state index in [-0.39, 0.29) is 6.61 Å². The van der Waals surface area contributed by atoms with Crippen molar-refractivity contribution in [3.05, 3.63) is 12.3 Å². The van der Waals surface area contributed by atoms with Crippen LogP contribution >= 0.6 is 0 Å². The van der Waals surface area contributed by atoms with Gasteiger partial charge in [-0.05, 0) is 6.92 Å². The van der Waals surface area contributed by atoms with E-state index in [0.29, 0.717) is 11.1 Å². The summed E-state index contributed by atoms with van der Waals surface area (Å²) in [5.41, 5.74) is 0. The van der Waals surface area contributed by atoms with Crippen LogP contribution in [0.2, 0.25) is 0 Å². The van der Waals surface area contributed by atoms with Crippen LogP contribution in [0.25, 0.3) is 0 Å². The van der Waals surface area contributed by atoms with Crippen molar-refractivity contribution >= 4 is 18.1 Å². The van der Waals surface area contributed by atoms with E-state index >= 15 is 0 Å². The summed E-state index contributed by atoms with van der Waals surface area (Å²) in [6.07, 6.45) is 1.56. The maximum atomic E-state index is 10.9. The second kappa shape index (κ2) is 6.38. The molecule has 0 aliphatic carbocycles. The predicted octanol–water partition coefficient (Wildman–Crippen LogP) is 0.294. The average Bonchev–Trinajstić information content (AvgIpc) is 2.12. The monoisotopic (exact) mass is 200 g/mol. The molecule has 14 heavy (non-hydrogen) atoms. The van der Waals surface area contributed by atoms with E-state index in [9.17, 15) is 14.4 Å². The molecule has 1 amide bonds. The first-order valence-electron chi connectivity index (χ1n) is 3.56. The molecule has 0 saturated heterocycles. The maximum absolute atomic E-state index is 10.9.